The molecule has 2 aromatic rings. The standard InChI is InChI=1S/C30H39F3O2/c1-3-4-17-34-25-14-16-26(28(31)18-25)21-9-12-24(13-10-21)35-19-23-11-15-27(30(33)29(23)32)22-7-5-20(2)6-8-22/h11,14-16,18,20-22,24H,3-10,12-13,17,19H2,1-2H3. The van der Waals surface area contributed by atoms with Crippen LogP contribution in [0.4, 0.5) is 13.2 Å². The summed E-state index contributed by atoms with van der Waals surface area (Å²) < 4.78 is 55.9. The Kier molecular flexibility index (Phi) is 9.16. The molecule has 0 aromatic heterocycles. The molecule has 0 radical (unpaired) electrons. The lowest BCUT2D eigenvalue weighted by Gasteiger charge is -2.29. The van der Waals surface area contributed by atoms with Crippen molar-refractivity contribution in [3.63, 3.8) is 0 Å². The van der Waals surface area contributed by atoms with E-state index in [1.54, 1.807) is 12.1 Å². The van der Waals surface area contributed by atoms with Gasteiger partial charge in [0.25, 0.3) is 0 Å². The summed E-state index contributed by atoms with van der Waals surface area (Å²) in [5.41, 5.74) is 1.52. The Morgan fingerprint density at radius 3 is 2.14 bits per heavy atom. The Hall–Kier alpha value is -2.01. The molecule has 2 aliphatic carbocycles. The molecule has 4 rings (SSSR count). The Balaban J connectivity index is 1.28. The Morgan fingerprint density at radius 2 is 1.46 bits per heavy atom. The second-order valence-electron chi connectivity index (χ2n) is 10.6. The van der Waals surface area contributed by atoms with Crippen LogP contribution in [0.1, 0.15) is 107 Å². The monoisotopic (exact) mass is 488 g/mol. The van der Waals surface area contributed by atoms with Gasteiger partial charge in [0.15, 0.2) is 11.6 Å². The van der Waals surface area contributed by atoms with E-state index in [4.69, 9.17) is 9.47 Å². The molecule has 5 heteroatoms. The third-order valence-corrected chi connectivity index (χ3v) is 7.97. The van der Waals surface area contributed by atoms with Crippen LogP contribution in [0.2, 0.25) is 0 Å². The van der Waals surface area contributed by atoms with Gasteiger partial charge >= 0.3 is 0 Å². The minimum atomic E-state index is -0.766. The van der Waals surface area contributed by atoms with Gasteiger partial charge in [-0.25, -0.2) is 13.2 Å². The van der Waals surface area contributed by atoms with Crippen molar-refractivity contribution in [3.05, 3.63) is 64.5 Å². The average molecular weight is 489 g/mol. The highest BCUT2D eigenvalue weighted by atomic mass is 19.2. The summed E-state index contributed by atoms with van der Waals surface area (Å²) in [4.78, 5) is 0. The number of rotatable bonds is 9. The van der Waals surface area contributed by atoms with Crippen LogP contribution in [0, 0.1) is 23.4 Å². The number of benzene rings is 2. The van der Waals surface area contributed by atoms with E-state index >= 15 is 0 Å². The number of halogens is 3. The lowest BCUT2D eigenvalue weighted by Crippen LogP contribution is -2.21. The van der Waals surface area contributed by atoms with Crippen molar-refractivity contribution in [1.29, 1.82) is 0 Å². The molecule has 2 saturated carbocycles. The number of hydrogen-bond acceptors (Lipinski definition) is 2. The van der Waals surface area contributed by atoms with Gasteiger partial charge in [0, 0.05) is 11.6 Å². The smallest absolute Gasteiger partial charge is 0.164 e. The van der Waals surface area contributed by atoms with E-state index in [0.29, 0.717) is 23.8 Å². The Morgan fingerprint density at radius 1 is 0.800 bits per heavy atom. The van der Waals surface area contributed by atoms with Crippen molar-refractivity contribution in [1.82, 2.24) is 0 Å². The fourth-order valence-corrected chi connectivity index (χ4v) is 5.61. The molecule has 35 heavy (non-hydrogen) atoms. The molecule has 2 aliphatic rings. The first kappa shape index (κ1) is 26.1. The molecular formula is C30H39F3O2. The van der Waals surface area contributed by atoms with Crippen LogP contribution in [-0.4, -0.2) is 12.7 Å². The summed E-state index contributed by atoms with van der Waals surface area (Å²) in [6, 6.07) is 8.63. The van der Waals surface area contributed by atoms with Gasteiger partial charge < -0.3 is 9.47 Å². The maximum Gasteiger partial charge on any atom is 0.164 e. The van der Waals surface area contributed by atoms with Crippen LogP contribution in [-0.2, 0) is 11.3 Å². The first-order chi connectivity index (χ1) is 17.0. The zero-order valence-corrected chi connectivity index (χ0v) is 21.1. The van der Waals surface area contributed by atoms with Gasteiger partial charge in [0.2, 0.25) is 0 Å². The first-order valence-corrected chi connectivity index (χ1v) is 13.5. The molecule has 0 atom stereocenters. The molecule has 0 spiro atoms. The highest BCUT2D eigenvalue weighted by Gasteiger charge is 2.27. The van der Waals surface area contributed by atoms with E-state index in [-0.39, 0.29) is 35.9 Å². The zero-order chi connectivity index (χ0) is 24.8. The van der Waals surface area contributed by atoms with Gasteiger partial charge in [-0.2, -0.15) is 0 Å². The minimum Gasteiger partial charge on any atom is -0.493 e. The highest BCUT2D eigenvalue weighted by molar-refractivity contribution is 5.32. The van der Waals surface area contributed by atoms with Crippen molar-refractivity contribution >= 4 is 0 Å². The topological polar surface area (TPSA) is 18.5 Å². The summed E-state index contributed by atoms with van der Waals surface area (Å²) in [7, 11) is 0. The lowest BCUT2D eigenvalue weighted by molar-refractivity contribution is 0.0116. The van der Waals surface area contributed by atoms with Crippen LogP contribution in [0.5, 0.6) is 5.75 Å². The van der Waals surface area contributed by atoms with Crippen molar-refractivity contribution in [2.75, 3.05) is 6.61 Å². The number of ether oxygens (including phenoxy) is 2. The number of hydrogen-bond donors (Lipinski definition) is 0. The maximum absolute atomic E-state index is 14.8. The van der Waals surface area contributed by atoms with Crippen LogP contribution < -0.4 is 4.74 Å². The van der Waals surface area contributed by atoms with E-state index in [2.05, 4.69) is 13.8 Å². The zero-order valence-electron chi connectivity index (χ0n) is 21.1. The lowest BCUT2D eigenvalue weighted by atomic mass is 9.79. The molecule has 0 amide bonds. The fraction of sp³-hybridized carbons (Fsp3) is 0.600. The second-order valence-corrected chi connectivity index (χ2v) is 10.6. The van der Waals surface area contributed by atoms with E-state index in [1.165, 1.54) is 6.07 Å². The molecular weight excluding hydrogens is 449 g/mol. The van der Waals surface area contributed by atoms with E-state index in [0.717, 1.165) is 69.8 Å². The molecule has 2 aromatic carbocycles. The summed E-state index contributed by atoms with van der Waals surface area (Å²) >= 11 is 0. The highest BCUT2D eigenvalue weighted by Crippen LogP contribution is 2.39. The SMILES string of the molecule is CCCCOc1ccc(C2CCC(OCc3ccc(C4CCC(C)CC4)c(F)c3F)CC2)c(F)c1. The largest absolute Gasteiger partial charge is 0.493 e. The molecule has 0 saturated heterocycles. The third-order valence-electron chi connectivity index (χ3n) is 7.97. The predicted molar refractivity (Wildman–Crippen MR) is 133 cm³/mol. The average Bonchev–Trinajstić information content (AvgIpc) is 2.86. The summed E-state index contributed by atoms with van der Waals surface area (Å²) in [5.74, 6) is -0.176. The minimum absolute atomic E-state index is 0.0204. The van der Waals surface area contributed by atoms with Gasteiger partial charge in [-0.3, -0.25) is 0 Å². The molecule has 192 valence electrons. The first-order valence-electron chi connectivity index (χ1n) is 13.5. The summed E-state index contributed by atoms with van der Waals surface area (Å²) in [6.07, 6.45) is 9.14. The van der Waals surface area contributed by atoms with Gasteiger partial charge in [-0.05, 0) is 79.9 Å². The van der Waals surface area contributed by atoms with Crippen molar-refractivity contribution in [3.8, 4) is 5.75 Å². The van der Waals surface area contributed by atoms with Gasteiger partial charge in [0.1, 0.15) is 11.6 Å². The molecule has 0 N–H and O–H groups in total. The molecule has 2 fully saturated rings. The predicted octanol–water partition coefficient (Wildman–Crippen LogP) is 8.82. The van der Waals surface area contributed by atoms with Crippen LogP contribution >= 0.6 is 0 Å². The molecule has 2 nitrogen and oxygen atoms in total. The van der Waals surface area contributed by atoms with Crippen molar-refractivity contribution in [2.45, 2.75) is 103 Å². The van der Waals surface area contributed by atoms with E-state index in [1.807, 2.05) is 12.1 Å². The Bertz CT molecular complexity index is 960. The fourth-order valence-electron chi connectivity index (χ4n) is 5.61. The summed E-state index contributed by atoms with van der Waals surface area (Å²) in [6.45, 7) is 4.98. The Labute approximate surface area is 208 Å². The van der Waals surface area contributed by atoms with Crippen molar-refractivity contribution < 1.29 is 22.6 Å². The molecule has 0 aliphatic heterocycles. The maximum atomic E-state index is 14.8. The van der Waals surface area contributed by atoms with Crippen LogP contribution in [0.25, 0.3) is 0 Å². The molecule has 0 unspecified atom stereocenters. The van der Waals surface area contributed by atoms with Crippen LogP contribution in [0.15, 0.2) is 30.3 Å². The van der Waals surface area contributed by atoms with Gasteiger partial charge in [0.05, 0.1) is 19.3 Å². The summed E-state index contributed by atoms with van der Waals surface area (Å²) in [5, 5.41) is 0. The quantitative estimate of drug-likeness (QED) is 0.328. The molecule has 0 heterocycles. The number of unbranched alkanes of at least 4 members (excludes halogenated alkanes) is 1. The van der Waals surface area contributed by atoms with Crippen LogP contribution in [0.3, 0.4) is 0 Å². The van der Waals surface area contributed by atoms with E-state index in [9.17, 15) is 13.2 Å². The molecule has 0 bridgehead atoms. The second kappa shape index (κ2) is 12.3. The van der Waals surface area contributed by atoms with E-state index < -0.39 is 11.6 Å². The van der Waals surface area contributed by atoms with Crippen molar-refractivity contribution in [2.24, 2.45) is 5.92 Å². The van der Waals surface area contributed by atoms with Gasteiger partial charge in [-0.15, -0.1) is 0 Å². The third kappa shape index (κ3) is 6.61. The van der Waals surface area contributed by atoms with Gasteiger partial charge in [-0.1, -0.05) is 51.3 Å². The normalized spacial score (nSPS) is 24.9.